The number of para-hydroxylation sites is 1. The fraction of sp³-hybridized carbons (Fsp3) is 0.333. The first-order valence-electron chi connectivity index (χ1n) is 7.24. The van der Waals surface area contributed by atoms with E-state index in [1.807, 2.05) is 0 Å². The Balaban J connectivity index is 1.61. The molecule has 1 aliphatic heterocycles. The van der Waals surface area contributed by atoms with E-state index in [1.165, 1.54) is 18.2 Å². The molecular weight excluding hydrogens is 355 g/mol. The van der Waals surface area contributed by atoms with E-state index in [2.05, 4.69) is 10.1 Å². The minimum absolute atomic E-state index is 0.0557. The van der Waals surface area contributed by atoms with Crippen LogP contribution in [0.3, 0.4) is 0 Å². The first kappa shape index (κ1) is 18.7. The molecule has 0 unspecified atom stereocenters. The largest absolute Gasteiger partial charge is 0.479 e. The van der Waals surface area contributed by atoms with Gasteiger partial charge in [-0.3, -0.25) is 19.3 Å². The van der Waals surface area contributed by atoms with Crippen molar-refractivity contribution in [3.8, 4) is 5.75 Å². The number of hydrogen-bond acceptors (Lipinski definition) is 7. The number of imide groups is 1. The molecule has 0 saturated carbocycles. The molecule has 1 fully saturated rings. The summed E-state index contributed by atoms with van der Waals surface area (Å²) in [7, 11) is 0. The fourth-order valence-corrected chi connectivity index (χ4v) is 2.59. The highest BCUT2D eigenvalue weighted by Crippen LogP contribution is 2.17. The number of halogens is 1. The van der Waals surface area contributed by atoms with Crippen LogP contribution in [0.25, 0.3) is 0 Å². The number of carbonyl (C=O) groups excluding carboxylic acids is 4. The summed E-state index contributed by atoms with van der Waals surface area (Å²) >= 11 is 0.906. The summed E-state index contributed by atoms with van der Waals surface area (Å²) < 4.78 is 22.9. The molecule has 0 aromatic heterocycles. The van der Waals surface area contributed by atoms with Crippen molar-refractivity contribution in [3.63, 3.8) is 0 Å². The second kappa shape index (κ2) is 9.02. The average molecular weight is 370 g/mol. The minimum atomic E-state index is -0.834. The third kappa shape index (κ3) is 5.75. The number of hydrogen-bond donors (Lipinski definition) is 1. The van der Waals surface area contributed by atoms with Gasteiger partial charge in [-0.1, -0.05) is 23.9 Å². The maximum absolute atomic E-state index is 13.3. The third-order valence-corrected chi connectivity index (χ3v) is 3.90. The van der Waals surface area contributed by atoms with Gasteiger partial charge in [0, 0.05) is 13.1 Å². The molecular formula is C15H15FN2O6S. The number of rotatable bonds is 8. The zero-order valence-electron chi connectivity index (χ0n) is 13.0. The molecule has 1 aromatic rings. The lowest BCUT2D eigenvalue weighted by molar-refractivity contribution is -0.150. The van der Waals surface area contributed by atoms with Gasteiger partial charge in [0.2, 0.25) is 5.91 Å². The van der Waals surface area contributed by atoms with Gasteiger partial charge < -0.3 is 14.8 Å². The number of esters is 1. The van der Waals surface area contributed by atoms with E-state index in [4.69, 9.17) is 4.74 Å². The van der Waals surface area contributed by atoms with Crippen LogP contribution in [0.4, 0.5) is 9.18 Å². The van der Waals surface area contributed by atoms with E-state index >= 15 is 0 Å². The lowest BCUT2D eigenvalue weighted by Gasteiger charge is -2.13. The van der Waals surface area contributed by atoms with Gasteiger partial charge in [-0.05, 0) is 12.1 Å². The summed E-state index contributed by atoms with van der Waals surface area (Å²) in [6.45, 7) is -0.973. The van der Waals surface area contributed by atoms with E-state index in [1.54, 1.807) is 6.07 Å². The number of nitrogens with zero attached hydrogens (tertiary/aromatic N) is 1. The summed E-state index contributed by atoms with van der Waals surface area (Å²) in [5, 5.41) is 2.07. The van der Waals surface area contributed by atoms with Crippen molar-refractivity contribution in [3.05, 3.63) is 30.1 Å². The maximum Gasteiger partial charge on any atom is 0.344 e. The number of ether oxygens (including phenoxy) is 2. The molecule has 0 atom stereocenters. The third-order valence-electron chi connectivity index (χ3n) is 3.04. The summed E-state index contributed by atoms with van der Waals surface area (Å²) in [4.78, 5) is 46.7. The van der Waals surface area contributed by atoms with Crippen LogP contribution in [0.5, 0.6) is 5.75 Å². The molecule has 25 heavy (non-hydrogen) atoms. The zero-order chi connectivity index (χ0) is 18.2. The Kier molecular flexibility index (Phi) is 6.75. The molecule has 3 amide bonds. The number of carbonyl (C=O) groups is 4. The molecule has 0 radical (unpaired) electrons. The molecule has 10 heteroatoms. The van der Waals surface area contributed by atoms with E-state index in [0.717, 1.165) is 16.7 Å². The van der Waals surface area contributed by atoms with Crippen molar-refractivity contribution >= 4 is 34.8 Å². The molecule has 0 spiro atoms. The van der Waals surface area contributed by atoms with Crippen molar-refractivity contribution in [2.75, 3.05) is 32.1 Å². The molecule has 1 saturated heterocycles. The van der Waals surface area contributed by atoms with Gasteiger partial charge in [-0.2, -0.15) is 0 Å². The molecule has 1 aliphatic rings. The lowest BCUT2D eigenvalue weighted by Crippen LogP contribution is -2.39. The standard InChI is InChI=1S/C15H15FN2O6S/c16-10-3-1-2-4-11(10)23-8-14(21)24-7-12(19)17-5-6-18-13(20)9-25-15(18)22/h1-4H,5-9H2,(H,17,19). The zero-order valence-corrected chi connectivity index (χ0v) is 13.8. The Hall–Kier alpha value is -2.62. The monoisotopic (exact) mass is 370 g/mol. The molecule has 1 aromatic carbocycles. The van der Waals surface area contributed by atoms with Crippen LogP contribution < -0.4 is 10.1 Å². The Morgan fingerprint density at radius 1 is 1.24 bits per heavy atom. The minimum Gasteiger partial charge on any atom is -0.479 e. The van der Waals surface area contributed by atoms with Crippen molar-refractivity contribution < 1.29 is 33.0 Å². The molecule has 0 aliphatic carbocycles. The van der Waals surface area contributed by atoms with Gasteiger partial charge in [0.05, 0.1) is 5.75 Å². The van der Waals surface area contributed by atoms with Crippen LogP contribution in [0.2, 0.25) is 0 Å². The van der Waals surface area contributed by atoms with Gasteiger partial charge in [0.15, 0.2) is 24.8 Å². The Morgan fingerprint density at radius 2 is 2.00 bits per heavy atom. The normalized spacial score (nSPS) is 13.7. The first-order chi connectivity index (χ1) is 12.0. The van der Waals surface area contributed by atoms with E-state index < -0.39 is 30.9 Å². The quantitative estimate of drug-likeness (QED) is 0.667. The second-order valence-corrected chi connectivity index (χ2v) is 5.76. The van der Waals surface area contributed by atoms with Gasteiger partial charge in [0.25, 0.3) is 11.1 Å². The Bertz CT molecular complexity index is 668. The summed E-state index contributed by atoms with van der Waals surface area (Å²) in [5.74, 6) is -2.34. The molecule has 1 heterocycles. The van der Waals surface area contributed by atoms with E-state index in [0.29, 0.717) is 0 Å². The summed E-state index contributed by atoms with van der Waals surface area (Å²) in [6.07, 6.45) is 0. The molecule has 2 rings (SSSR count). The van der Waals surface area contributed by atoms with Gasteiger partial charge >= 0.3 is 5.97 Å². The molecule has 1 N–H and O–H groups in total. The highest BCUT2D eigenvalue weighted by atomic mass is 32.2. The van der Waals surface area contributed by atoms with E-state index in [9.17, 15) is 23.6 Å². The van der Waals surface area contributed by atoms with Gasteiger partial charge in [0.1, 0.15) is 0 Å². The van der Waals surface area contributed by atoms with Gasteiger partial charge in [-0.15, -0.1) is 0 Å². The van der Waals surface area contributed by atoms with Crippen LogP contribution >= 0.6 is 11.8 Å². The van der Waals surface area contributed by atoms with Gasteiger partial charge in [-0.25, -0.2) is 9.18 Å². The Labute approximate surface area is 146 Å². The molecule has 134 valence electrons. The van der Waals surface area contributed by atoms with E-state index in [-0.39, 0.29) is 35.7 Å². The number of nitrogens with one attached hydrogen (secondary N) is 1. The van der Waals surface area contributed by atoms with Crippen molar-refractivity contribution in [1.29, 1.82) is 0 Å². The van der Waals surface area contributed by atoms with Crippen LogP contribution in [0.15, 0.2) is 24.3 Å². The lowest BCUT2D eigenvalue weighted by atomic mass is 10.3. The topological polar surface area (TPSA) is 102 Å². The summed E-state index contributed by atoms with van der Waals surface area (Å²) in [6, 6.07) is 5.56. The highest BCUT2D eigenvalue weighted by molar-refractivity contribution is 8.14. The summed E-state index contributed by atoms with van der Waals surface area (Å²) in [5.41, 5.74) is 0. The predicted molar refractivity (Wildman–Crippen MR) is 85.4 cm³/mol. The molecule has 8 nitrogen and oxygen atoms in total. The smallest absolute Gasteiger partial charge is 0.344 e. The Morgan fingerprint density at radius 3 is 2.68 bits per heavy atom. The van der Waals surface area contributed by atoms with Crippen LogP contribution in [0, 0.1) is 5.82 Å². The molecule has 0 bridgehead atoms. The number of thioether (sulfide) groups is 1. The van der Waals surface area contributed by atoms with Crippen LogP contribution in [-0.4, -0.2) is 60.0 Å². The fourth-order valence-electron chi connectivity index (χ4n) is 1.84. The van der Waals surface area contributed by atoms with Crippen LogP contribution in [0.1, 0.15) is 0 Å². The van der Waals surface area contributed by atoms with Crippen LogP contribution in [-0.2, 0) is 19.1 Å². The van der Waals surface area contributed by atoms with Crippen molar-refractivity contribution in [2.45, 2.75) is 0 Å². The van der Waals surface area contributed by atoms with Crippen molar-refractivity contribution in [1.82, 2.24) is 10.2 Å². The highest BCUT2D eigenvalue weighted by Gasteiger charge is 2.29. The first-order valence-corrected chi connectivity index (χ1v) is 8.22. The SMILES string of the molecule is O=C(COC(=O)COc1ccccc1F)NCCN1C(=O)CSC1=O. The maximum atomic E-state index is 13.3. The number of benzene rings is 1. The van der Waals surface area contributed by atoms with Crippen molar-refractivity contribution in [2.24, 2.45) is 0 Å². The predicted octanol–water partition coefficient (Wildman–Crippen LogP) is 0.559. The second-order valence-electron chi connectivity index (χ2n) is 4.83. The number of amides is 3. The average Bonchev–Trinajstić information content (AvgIpc) is 2.91.